The second-order valence-electron chi connectivity index (χ2n) is 15.6. The Labute approximate surface area is 374 Å². The minimum atomic E-state index is -1.17. The molecule has 2 atom stereocenters. The molecule has 8 N–H and O–H groups in total. The summed E-state index contributed by atoms with van der Waals surface area (Å²) in [5.41, 5.74) is 1.91. The Bertz CT molecular complexity index is 1200. The van der Waals surface area contributed by atoms with Gasteiger partial charge in [0, 0.05) is 45.5 Å². The van der Waals surface area contributed by atoms with Crippen LogP contribution in [0.4, 0.5) is 0 Å². The first-order valence-electron chi connectivity index (χ1n) is 23.3. The van der Waals surface area contributed by atoms with Gasteiger partial charge in [-0.2, -0.15) is 5.48 Å². The van der Waals surface area contributed by atoms with E-state index in [4.69, 9.17) is 29.3 Å². The molecule has 0 aliphatic heterocycles. The van der Waals surface area contributed by atoms with Crippen LogP contribution >= 0.6 is 0 Å². The lowest BCUT2D eigenvalue weighted by molar-refractivity contribution is -0.142. The molecule has 19 nitrogen and oxygen atoms in total. The summed E-state index contributed by atoms with van der Waals surface area (Å²) in [6.07, 6.45) is 21.3. The van der Waals surface area contributed by atoms with Crippen LogP contribution in [0, 0.1) is 0 Å². The van der Waals surface area contributed by atoms with Gasteiger partial charge in [-0.3, -0.25) is 24.0 Å². The molecule has 0 heterocycles. The fraction of sp³-hybridized carbons (Fsp3) is 0.841. The molecule has 0 radical (unpaired) electrons. The quantitative estimate of drug-likeness (QED) is 0.0244. The Morgan fingerprint density at radius 3 is 1.41 bits per heavy atom. The van der Waals surface area contributed by atoms with E-state index in [1.54, 1.807) is 0 Å². The van der Waals surface area contributed by atoms with E-state index >= 15 is 0 Å². The topological polar surface area (TPSA) is 277 Å². The third kappa shape index (κ3) is 43.3. The monoisotopic (exact) mass is 904 g/mol. The molecule has 0 aliphatic carbocycles. The predicted molar refractivity (Wildman–Crippen MR) is 235 cm³/mol. The number of hydroxylamine groups is 1. The van der Waals surface area contributed by atoms with Crippen molar-refractivity contribution in [2.75, 3.05) is 72.5 Å². The zero-order valence-corrected chi connectivity index (χ0v) is 37.8. The highest BCUT2D eigenvalue weighted by Gasteiger charge is 2.21. The van der Waals surface area contributed by atoms with Crippen LogP contribution in [0.5, 0.6) is 0 Å². The number of hydrogen-bond donors (Lipinski definition) is 8. The van der Waals surface area contributed by atoms with Crippen molar-refractivity contribution in [3.63, 3.8) is 0 Å². The molecule has 0 bridgehead atoms. The Morgan fingerprint density at radius 2 is 0.905 bits per heavy atom. The van der Waals surface area contributed by atoms with Crippen LogP contribution < -0.4 is 26.7 Å². The van der Waals surface area contributed by atoms with Crippen molar-refractivity contribution in [3.05, 3.63) is 0 Å². The molecule has 0 aliphatic rings. The van der Waals surface area contributed by atoms with Crippen molar-refractivity contribution >= 4 is 41.9 Å². The third-order valence-electron chi connectivity index (χ3n) is 10.00. The maximum Gasteiger partial charge on any atom is 0.326 e. The number of unbranched alkanes of at least 4 members (excludes halogenated alkanes) is 16. The molecule has 0 saturated heterocycles. The lowest BCUT2D eigenvalue weighted by Gasteiger charge is -2.14. The molecule has 4 amide bonds. The van der Waals surface area contributed by atoms with Gasteiger partial charge in [-0.15, -0.1) is 0 Å². The average molecular weight is 904 g/mol. The largest absolute Gasteiger partial charge is 0.481 e. The zero-order valence-electron chi connectivity index (χ0n) is 37.8. The highest BCUT2D eigenvalue weighted by molar-refractivity contribution is 5.84. The second-order valence-corrected chi connectivity index (χ2v) is 15.6. The van der Waals surface area contributed by atoms with Crippen LogP contribution in [0.15, 0.2) is 0 Å². The molecule has 0 fully saturated rings. The van der Waals surface area contributed by atoms with Crippen molar-refractivity contribution < 1.29 is 67.9 Å². The number of amides is 4. The molecule has 19 heteroatoms. The van der Waals surface area contributed by atoms with Crippen molar-refractivity contribution in [3.8, 4) is 0 Å². The number of carboxylic acids is 2. The van der Waals surface area contributed by atoms with E-state index in [9.17, 15) is 38.7 Å². The van der Waals surface area contributed by atoms with Gasteiger partial charge in [0.2, 0.25) is 23.6 Å². The highest BCUT2D eigenvalue weighted by atomic mass is 16.5. The van der Waals surface area contributed by atoms with Crippen molar-refractivity contribution in [1.82, 2.24) is 26.7 Å². The van der Waals surface area contributed by atoms with Gasteiger partial charge in [-0.1, -0.05) is 89.9 Å². The van der Waals surface area contributed by atoms with Crippen LogP contribution in [0.3, 0.4) is 0 Å². The van der Waals surface area contributed by atoms with Crippen LogP contribution in [0.1, 0.15) is 154 Å². The lowest BCUT2D eigenvalue weighted by Crippen LogP contribution is -2.41. The van der Waals surface area contributed by atoms with Crippen molar-refractivity contribution in [2.45, 2.75) is 166 Å². The molecule has 0 unspecified atom stereocenters. The molecule has 366 valence electrons. The molecular weight excluding hydrogens is 823 g/mol. The van der Waals surface area contributed by atoms with Gasteiger partial charge in [-0.05, 0) is 44.9 Å². The number of carboxylic acid groups (broad SMARTS) is 2. The summed E-state index contributed by atoms with van der Waals surface area (Å²) in [7, 11) is 0. The Kier molecular flexibility index (Phi) is 42.2. The number of ether oxygens (including phenoxy) is 4. The number of carbonyl (C=O) groups excluding carboxylic acids is 5. The second kappa shape index (κ2) is 44.8. The fourth-order valence-corrected chi connectivity index (χ4v) is 6.34. The predicted octanol–water partition coefficient (Wildman–Crippen LogP) is 3.96. The Balaban J connectivity index is 3.62. The zero-order chi connectivity index (χ0) is 46.4. The SMILES string of the molecule is O=C[C@H](CCCCNC(=O)COCCOCCNC(=O)COCCOCCCNC(=O)CC[C@H](NC(=O)CCCCCCCCCCCCCCCCCCC(=O)O)C(=O)O)NO. The Hall–Kier alpha value is -3.75. The summed E-state index contributed by atoms with van der Waals surface area (Å²) >= 11 is 0. The third-order valence-corrected chi connectivity index (χ3v) is 10.00. The first-order chi connectivity index (χ1) is 30.6. The summed E-state index contributed by atoms with van der Waals surface area (Å²) in [5, 5.41) is 37.5. The number of rotatable bonds is 48. The van der Waals surface area contributed by atoms with Gasteiger partial charge < -0.3 is 60.4 Å². The number of nitrogens with one attached hydrogen (secondary N) is 5. The van der Waals surface area contributed by atoms with E-state index < -0.39 is 24.0 Å². The van der Waals surface area contributed by atoms with Crippen LogP contribution in [0.2, 0.25) is 0 Å². The first kappa shape index (κ1) is 59.2. The van der Waals surface area contributed by atoms with E-state index in [1.165, 1.54) is 57.8 Å². The summed E-state index contributed by atoms with van der Waals surface area (Å²) in [4.78, 5) is 81.0. The Morgan fingerprint density at radius 1 is 0.444 bits per heavy atom. The molecular formula is C44H81N5O14. The normalized spacial score (nSPS) is 12.0. The fourth-order valence-electron chi connectivity index (χ4n) is 6.34. The first-order valence-corrected chi connectivity index (χ1v) is 23.3. The van der Waals surface area contributed by atoms with Gasteiger partial charge in [0.25, 0.3) is 0 Å². The molecule has 0 saturated carbocycles. The molecule has 0 aromatic heterocycles. The molecule has 0 spiro atoms. The maximum atomic E-state index is 12.3. The van der Waals surface area contributed by atoms with E-state index in [0.717, 1.165) is 38.5 Å². The number of aliphatic carboxylic acids is 2. The minimum absolute atomic E-state index is 0.00499. The smallest absolute Gasteiger partial charge is 0.326 e. The van der Waals surface area contributed by atoms with E-state index in [0.29, 0.717) is 58.1 Å². The summed E-state index contributed by atoms with van der Waals surface area (Å²) < 4.78 is 21.4. The standard InChI is InChI=1S/C44H81N5O14/c50-34-37(49-59)20-17-18-25-46-41(53)35-63-33-31-61-29-27-47-42(54)36-62-32-30-60-28-19-26-45-39(51)24-23-38(44(57)58)48-40(52)21-15-13-11-9-7-5-3-1-2-4-6-8-10-12-14-16-22-43(55)56/h34,37-38,49,59H,1-33,35-36H2,(H,45,51)(H,46,53)(H,47,54)(H,48,52)(H,55,56)(H,57,58)/t37-,38-/m0/s1. The van der Waals surface area contributed by atoms with Gasteiger partial charge >= 0.3 is 11.9 Å². The maximum absolute atomic E-state index is 12.3. The van der Waals surface area contributed by atoms with Gasteiger partial charge in [0.15, 0.2) is 0 Å². The average Bonchev–Trinajstić information content (AvgIpc) is 3.25. The lowest BCUT2D eigenvalue weighted by atomic mass is 10.0. The van der Waals surface area contributed by atoms with E-state index in [1.807, 2.05) is 5.48 Å². The molecule has 0 aromatic carbocycles. The van der Waals surface area contributed by atoms with E-state index in [-0.39, 0.29) is 102 Å². The van der Waals surface area contributed by atoms with E-state index in [2.05, 4.69) is 21.3 Å². The number of carbonyl (C=O) groups is 7. The summed E-state index contributed by atoms with van der Waals surface area (Å²) in [5.74, 6) is -3.08. The molecule has 63 heavy (non-hydrogen) atoms. The van der Waals surface area contributed by atoms with Gasteiger partial charge in [-0.25, -0.2) is 4.79 Å². The number of aldehydes is 1. The summed E-state index contributed by atoms with van der Waals surface area (Å²) in [6.45, 7) is 2.34. The van der Waals surface area contributed by atoms with Crippen LogP contribution in [0.25, 0.3) is 0 Å². The van der Waals surface area contributed by atoms with Crippen LogP contribution in [-0.4, -0.2) is 142 Å². The minimum Gasteiger partial charge on any atom is -0.481 e. The van der Waals surface area contributed by atoms with Crippen molar-refractivity contribution in [1.29, 1.82) is 0 Å². The molecule has 0 aromatic rings. The number of hydrogen-bond acceptors (Lipinski definition) is 13. The van der Waals surface area contributed by atoms with Crippen LogP contribution in [-0.2, 0) is 52.5 Å². The van der Waals surface area contributed by atoms with Gasteiger partial charge in [0.05, 0.1) is 39.1 Å². The molecule has 0 rings (SSSR count). The summed E-state index contributed by atoms with van der Waals surface area (Å²) in [6, 6.07) is -1.73. The highest BCUT2D eigenvalue weighted by Crippen LogP contribution is 2.14. The van der Waals surface area contributed by atoms with Crippen molar-refractivity contribution in [2.24, 2.45) is 0 Å². The van der Waals surface area contributed by atoms with Gasteiger partial charge in [0.1, 0.15) is 25.5 Å².